The van der Waals surface area contributed by atoms with Crippen molar-refractivity contribution in [2.75, 3.05) is 18.6 Å². The van der Waals surface area contributed by atoms with E-state index in [1.54, 1.807) is 30.0 Å². The summed E-state index contributed by atoms with van der Waals surface area (Å²) in [5, 5.41) is 9.18. The molecule has 0 bridgehead atoms. The Hall–Kier alpha value is -0.870. The molecule has 0 fully saturated rings. The van der Waals surface area contributed by atoms with E-state index in [4.69, 9.17) is 21.4 Å². The van der Waals surface area contributed by atoms with Crippen molar-refractivity contribution in [2.24, 2.45) is 0 Å². The molecule has 5 heteroatoms. The van der Waals surface area contributed by atoms with Crippen LogP contribution in [0, 0.1) is 0 Å². The molecule has 0 atom stereocenters. The van der Waals surface area contributed by atoms with Gasteiger partial charge in [0, 0.05) is 0 Å². The number of hydrogen-bond acceptors (Lipinski definition) is 3. The number of carboxylic acid groups (broad SMARTS) is 1. The highest BCUT2D eigenvalue weighted by Crippen LogP contribution is 2.26. The van der Waals surface area contributed by atoms with E-state index in [2.05, 4.69) is 0 Å². The van der Waals surface area contributed by atoms with Crippen LogP contribution >= 0.6 is 23.4 Å². The zero-order chi connectivity index (χ0) is 12.0. The molecule has 0 aromatic heterocycles. The summed E-state index contributed by atoms with van der Waals surface area (Å²) >= 11 is 7.53. The average Bonchev–Trinajstić information content (AvgIpc) is 2.24. The third-order valence-electron chi connectivity index (χ3n) is 1.94. The zero-order valence-corrected chi connectivity index (χ0v) is 10.5. The minimum atomic E-state index is -1.06. The SMILES string of the molecule is CSCCCOc1cccc(Cl)c1C(=O)O. The second-order valence-electron chi connectivity index (χ2n) is 3.11. The smallest absolute Gasteiger partial charge is 0.341 e. The van der Waals surface area contributed by atoms with Crippen LogP contribution in [0.2, 0.25) is 5.02 Å². The summed E-state index contributed by atoms with van der Waals surface area (Å²) in [4.78, 5) is 11.0. The van der Waals surface area contributed by atoms with Gasteiger partial charge in [-0.3, -0.25) is 0 Å². The molecular formula is C11H13ClO3S. The minimum Gasteiger partial charge on any atom is -0.493 e. The summed E-state index contributed by atoms with van der Waals surface area (Å²) in [5.74, 6) is 0.259. The topological polar surface area (TPSA) is 46.5 Å². The first-order valence-electron chi connectivity index (χ1n) is 4.80. The minimum absolute atomic E-state index is 0.0355. The molecule has 0 saturated carbocycles. The molecule has 1 aromatic carbocycles. The zero-order valence-electron chi connectivity index (χ0n) is 8.90. The molecule has 0 heterocycles. The van der Waals surface area contributed by atoms with Gasteiger partial charge in [0.1, 0.15) is 11.3 Å². The van der Waals surface area contributed by atoms with Gasteiger partial charge in [0.15, 0.2) is 0 Å². The highest BCUT2D eigenvalue weighted by atomic mass is 35.5. The van der Waals surface area contributed by atoms with E-state index in [-0.39, 0.29) is 10.6 Å². The molecule has 1 rings (SSSR count). The van der Waals surface area contributed by atoms with Gasteiger partial charge in [0.05, 0.1) is 11.6 Å². The molecule has 0 amide bonds. The fraction of sp³-hybridized carbons (Fsp3) is 0.364. The van der Waals surface area contributed by atoms with Gasteiger partial charge in [-0.2, -0.15) is 11.8 Å². The number of halogens is 1. The lowest BCUT2D eigenvalue weighted by Gasteiger charge is -2.09. The highest BCUT2D eigenvalue weighted by molar-refractivity contribution is 7.98. The number of aromatic carboxylic acids is 1. The monoisotopic (exact) mass is 260 g/mol. The first-order valence-corrected chi connectivity index (χ1v) is 6.57. The molecule has 1 aromatic rings. The second-order valence-corrected chi connectivity index (χ2v) is 4.51. The summed E-state index contributed by atoms with van der Waals surface area (Å²) in [7, 11) is 0. The van der Waals surface area contributed by atoms with E-state index in [0.717, 1.165) is 12.2 Å². The van der Waals surface area contributed by atoms with Crippen molar-refractivity contribution in [3.05, 3.63) is 28.8 Å². The molecule has 16 heavy (non-hydrogen) atoms. The van der Waals surface area contributed by atoms with Crippen molar-refractivity contribution in [1.29, 1.82) is 0 Å². The lowest BCUT2D eigenvalue weighted by Crippen LogP contribution is -2.05. The molecule has 0 aliphatic carbocycles. The lowest BCUT2D eigenvalue weighted by molar-refractivity contribution is 0.0692. The molecule has 3 nitrogen and oxygen atoms in total. The standard InChI is InChI=1S/C11H13ClO3S/c1-16-7-3-6-15-9-5-2-4-8(12)10(9)11(13)14/h2,4-5H,3,6-7H2,1H3,(H,13,14). The molecular weight excluding hydrogens is 248 g/mol. The first kappa shape index (κ1) is 13.2. The fourth-order valence-electron chi connectivity index (χ4n) is 1.22. The summed E-state index contributed by atoms with van der Waals surface area (Å²) < 4.78 is 5.40. The Morgan fingerprint density at radius 2 is 2.31 bits per heavy atom. The number of ether oxygens (including phenoxy) is 1. The Morgan fingerprint density at radius 3 is 2.94 bits per heavy atom. The van der Waals surface area contributed by atoms with Crippen molar-refractivity contribution in [1.82, 2.24) is 0 Å². The highest BCUT2D eigenvalue weighted by Gasteiger charge is 2.15. The van der Waals surface area contributed by atoms with Gasteiger partial charge < -0.3 is 9.84 Å². The molecule has 0 radical (unpaired) electrons. The van der Waals surface area contributed by atoms with Gasteiger partial charge in [-0.15, -0.1) is 0 Å². The van der Waals surface area contributed by atoms with Crippen LogP contribution in [-0.4, -0.2) is 29.7 Å². The molecule has 0 aliphatic rings. The maximum Gasteiger partial charge on any atom is 0.341 e. The normalized spacial score (nSPS) is 10.1. The molecule has 0 saturated heterocycles. The van der Waals surface area contributed by atoms with E-state index in [0.29, 0.717) is 12.4 Å². The predicted molar refractivity (Wildman–Crippen MR) is 66.9 cm³/mol. The number of carboxylic acids is 1. The fourth-order valence-corrected chi connectivity index (χ4v) is 1.87. The van der Waals surface area contributed by atoms with Crippen LogP contribution in [0.3, 0.4) is 0 Å². The first-order chi connectivity index (χ1) is 7.66. The summed E-state index contributed by atoms with van der Waals surface area (Å²) in [5.41, 5.74) is 0.0355. The third-order valence-corrected chi connectivity index (χ3v) is 2.95. The number of carbonyl (C=O) groups is 1. The Balaban J connectivity index is 2.71. The number of rotatable bonds is 6. The summed E-state index contributed by atoms with van der Waals surface area (Å²) in [6.07, 6.45) is 2.90. The van der Waals surface area contributed by atoms with Crippen LogP contribution in [0.1, 0.15) is 16.8 Å². The van der Waals surface area contributed by atoms with Crippen molar-refractivity contribution < 1.29 is 14.6 Å². The van der Waals surface area contributed by atoms with Gasteiger partial charge in [-0.05, 0) is 30.6 Å². The predicted octanol–water partition coefficient (Wildman–Crippen LogP) is 3.17. The van der Waals surface area contributed by atoms with E-state index in [9.17, 15) is 4.79 Å². The lowest BCUT2D eigenvalue weighted by atomic mass is 10.2. The maximum atomic E-state index is 11.0. The Morgan fingerprint density at radius 1 is 1.56 bits per heavy atom. The molecule has 1 N–H and O–H groups in total. The average molecular weight is 261 g/mol. The summed E-state index contributed by atoms with van der Waals surface area (Å²) in [6.45, 7) is 0.501. The van der Waals surface area contributed by atoms with E-state index >= 15 is 0 Å². The van der Waals surface area contributed by atoms with Crippen LogP contribution in [0.4, 0.5) is 0 Å². The maximum absolute atomic E-state index is 11.0. The van der Waals surface area contributed by atoms with Gasteiger partial charge in [-0.25, -0.2) is 4.79 Å². The van der Waals surface area contributed by atoms with Gasteiger partial charge in [0.2, 0.25) is 0 Å². The molecule has 0 spiro atoms. The Labute approximate surface area is 104 Å². The van der Waals surface area contributed by atoms with Crippen LogP contribution in [0.5, 0.6) is 5.75 Å². The largest absolute Gasteiger partial charge is 0.493 e. The van der Waals surface area contributed by atoms with Crippen LogP contribution in [0.15, 0.2) is 18.2 Å². The molecule has 88 valence electrons. The van der Waals surface area contributed by atoms with Gasteiger partial charge in [0.25, 0.3) is 0 Å². The van der Waals surface area contributed by atoms with E-state index in [1.807, 2.05) is 6.26 Å². The van der Waals surface area contributed by atoms with Crippen molar-refractivity contribution >= 4 is 29.3 Å². The van der Waals surface area contributed by atoms with E-state index < -0.39 is 5.97 Å². The van der Waals surface area contributed by atoms with Crippen LogP contribution in [0.25, 0.3) is 0 Å². The van der Waals surface area contributed by atoms with Crippen LogP contribution in [-0.2, 0) is 0 Å². The van der Waals surface area contributed by atoms with Crippen molar-refractivity contribution in [2.45, 2.75) is 6.42 Å². The summed E-state index contributed by atoms with van der Waals surface area (Å²) in [6, 6.07) is 4.84. The number of hydrogen-bond donors (Lipinski definition) is 1. The quantitative estimate of drug-likeness (QED) is 0.798. The molecule has 0 aliphatic heterocycles. The number of thioether (sulfide) groups is 1. The Bertz CT molecular complexity index is 368. The Kier molecular flexibility index (Phi) is 5.49. The second kappa shape index (κ2) is 6.66. The van der Waals surface area contributed by atoms with Gasteiger partial charge >= 0.3 is 5.97 Å². The van der Waals surface area contributed by atoms with Crippen LogP contribution < -0.4 is 4.74 Å². The van der Waals surface area contributed by atoms with Gasteiger partial charge in [-0.1, -0.05) is 17.7 Å². The molecule has 0 unspecified atom stereocenters. The third kappa shape index (κ3) is 3.61. The van der Waals surface area contributed by atoms with E-state index in [1.165, 1.54) is 0 Å². The number of benzene rings is 1. The van der Waals surface area contributed by atoms with Crippen molar-refractivity contribution in [3.63, 3.8) is 0 Å². The van der Waals surface area contributed by atoms with Crippen molar-refractivity contribution in [3.8, 4) is 5.75 Å².